The molecule has 0 fully saturated rings. The Bertz CT molecular complexity index is 481. The Morgan fingerprint density at radius 1 is 1.47 bits per heavy atom. The molecule has 92 valence electrons. The van der Waals surface area contributed by atoms with Gasteiger partial charge in [-0.2, -0.15) is 0 Å². The van der Waals surface area contributed by atoms with Gasteiger partial charge in [0.2, 0.25) is 5.43 Å². The van der Waals surface area contributed by atoms with Crippen molar-refractivity contribution < 1.29 is 9.53 Å². The highest BCUT2D eigenvalue weighted by molar-refractivity contribution is 5.96. The van der Waals surface area contributed by atoms with Crippen LogP contribution in [-0.2, 0) is 0 Å². The number of hydrogen-bond acceptors (Lipinski definition) is 4. The van der Waals surface area contributed by atoms with E-state index in [1.54, 1.807) is 0 Å². The van der Waals surface area contributed by atoms with Gasteiger partial charge in [-0.1, -0.05) is 13.3 Å². The lowest BCUT2D eigenvalue weighted by Gasteiger charge is -2.22. The lowest BCUT2D eigenvalue weighted by molar-refractivity contribution is 0.0929. The fourth-order valence-electron chi connectivity index (χ4n) is 1.61. The molecule has 0 saturated carbocycles. The smallest absolute Gasteiger partial charge is 0.275 e. The fraction of sp³-hybridized carbons (Fsp3) is 0.455. The van der Waals surface area contributed by atoms with Gasteiger partial charge in [-0.3, -0.25) is 14.3 Å². The Labute approximate surface area is 98.6 Å². The van der Waals surface area contributed by atoms with E-state index in [0.29, 0.717) is 13.3 Å². The third kappa shape index (κ3) is 2.25. The van der Waals surface area contributed by atoms with Crippen LogP contribution in [-0.4, -0.2) is 23.9 Å². The Morgan fingerprint density at radius 2 is 2.29 bits per heavy atom. The first-order chi connectivity index (χ1) is 8.24. The van der Waals surface area contributed by atoms with Gasteiger partial charge < -0.3 is 15.5 Å². The molecule has 0 aliphatic carbocycles. The zero-order chi connectivity index (χ0) is 12.3. The summed E-state index contributed by atoms with van der Waals surface area (Å²) in [5.41, 5.74) is 2.88. The molecule has 17 heavy (non-hydrogen) atoms. The number of hydrogen-bond donors (Lipinski definition) is 2. The second-order valence-electron chi connectivity index (χ2n) is 3.77. The summed E-state index contributed by atoms with van der Waals surface area (Å²) in [5, 5.41) is 2.61. The molecule has 1 aromatic heterocycles. The van der Waals surface area contributed by atoms with Gasteiger partial charge in [0.1, 0.15) is 6.67 Å². The van der Waals surface area contributed by atoms with Crippen LogP contribution in [0.2, 0.25) is 0 Å². The van der Waals surface area contributed by atoms with Crippen molar-refractivity contribution in [2.24, 2.45) is 0 Å². The number of rotatable bonds is 4. The molecule has 0 bridgehead atoms. The number of amides is 1. The predicted octanol–water partition coefficient (Wildman–Crippen LogP) is 0.272. The number of nitrogens with zero attached hydrogens (tertiary/aromatic N) is 1. The van der Waals surface area contributed by atoms with E-state index in [-0.39, 0.29) is 22.8 Å². The summed E-state index contributed by atoms with van der Waals surface area (Å²) >= 11 is 0. The quantitative estimate of drug-likeness (QED) is 0.737. The molecular weight excluding hydrogens is 222 g/mol. The lowest BCUT2D eigenvalue weighted by atomic mass is 10.2. The monoisotopic (exact) mass is 237 g/mol. The van der Waals surface area contributed by atoms with Gasteiger partial charge >= 0.3 is 0 Å². The minimum atomic E-state index is -0.298. The molecule has 6 heteroatoms. The molecular formula is C11H15N3O3. The Hall–Kier alpha value is -1.98. The summed E-state index contributed by atoms with van der Waals surface area (Å²) in [5.74, 6) is -0.182. The maximum absolute atomic E-state index is 11.7. The third-order valence-corrected chi connectivity index (χ3v) is 2.51. The number of pyridine rings is 1. The average Bonchev–Trinajstić information content (AvgIpc) is 2.33. The van der Waals surface area contributed by atoms with Crippen molar-refractivity contribution >= 4 is 5.91 Å². The van der Waals surface area contributed by atoms with Crippen LogP contribution in [0.5, 0.6) is 5.75 Å². The second-order valence-corrected chi connectivity index (χ2v) is 3.77. The largest absolute Gasteiger partial charge is 0.487 e. The van der Waals surface area contributed by atoms with E-state index >= 15 is 0 Å². The minimum Gasteiger partial charge on any atom is -0.487 e. The lowest BCUT2D eigenvalue weighted by Crippen LogP contribution is -2.43. The Balaban J connectivity index is 2.35. The van der Waals surface area contributed by atoms with Crippen LogP contribution in [0.25, 0.3) is 0 Å². The number of unbranched alkanes of at least 4 members (excludes halogenated alkanes) is 1. The van der Waals surface area contributed by atoms with E-state index in [2.05, 4.69) is 10.7 Å². The van der Waals surface area contributed by atoms with Crippen molar-refractivity contribution in [3.63, 3.8) is 0 Å². The highest BCUT2D eigenvalue weighted by atomic mass is 16.5. The molecule has 0 spiro atoms. The molecule has 0 atom stereocenters. The highest BCUT2D eigenvalue weighted by Gasteiger charge is 2.22. The average molecular weight is 237 g/mol. The topological polar surface area (TPSA) is 72.4 Å². The predicted molar refractivity (Wildman–Crippen MR) is 62.8 cm³/mol. The van der Waals surface area contributed by atoms with Crippen LogP contribution >= 0.6 is 0 Å². The van der Waals surface area contributed by atoms with Crippen molar-refractivity contribution in [1.29, 1.82) is 0 Å². The van der Waals surface area contributed by atoms with Crippen molar-refractivity contribution in [3.8, 4) is 5.75 Å². The molecule has 2 rings (SSSR count). The van der Waals surface area contributed by atoms with E-state index in [9.17, 15) is 9.59 Å². The first-order valence-corrected chi connectivity index (χ1v) is 5.64. The molecule has 0 unspecified atom stereocenters. The second kappa shape index (κ2) is 4.90. The molecule has 1 aromatic rings. The summed E-state index contributed by atoms with van der Waals surface area (Å²) in [7, 11) is 0. The van der Waals surface area contributed by atoms with E-state index in [4.69, 9.17) is 4.74 Å². The van der Waals surface area contributed by atoms with Crippen LogP contribution in [0.4, 0.5) is 0 Å². The van der Waals surface area contributed by atoms with Gasteiger partial charge in [0.25, 0.3) is 5.91 Å². The summed E-state index contributed by atoms with van der Waals surface area (Å²) in [4.78, 5) is 23.4. The molecule has 2 N–H and O–H groups in total. The molecule has 0 saturated heterocycles. The number of carbonyl (C=O) groups is 1. The minimum absolute atomic E-state index is 0.116. The fourth-order valence-corrected chi connectivity index (χ4v) is 1.61. The zero-order valence-corrected chi connectivity index (χ0v) is 9.66. The molecule has 0 aromatic carbocycles. The standard InChI is InChI=1S/C11H15N3O3/c1-2-3-6-17-10-8(15)4-5-14-9(10)11(16)12-7-13-14/h4-5,13H,2-3,6-7H2,1H3,(H,12,16). The molecule has 6 nitrogen and oxygen atoms in total. The van der Waals surface area contributed by atoms with E-state index in [1.807, 2.05) is 6.92 Å². The number of carbonyl (C=O) groups excluding carboxylic acids is 1. The molecule has 1 aliphatic rings. The third-order valence-electron chi connectivity index (χ3n) is 2.51. The van der Waals surface area contributed by atoms with Crippen molar-refractivity contribution in [1.82, 2.24) is 9.99 Å². The number of aromatic nitrogens is 1. The van der Waals surface area contributed by atoms with E-state index < -0.39 is 0 Å². The number of nitrogens with one attached hydrogen (secondary N) is 2. The molecule has 2 heterocycles. The number of fused-ring (bicyclic) bond motifs is 1. The van der Waals surface area contributed by atoms with Gasteiger partial charge in [0, 0.05) is 12.3 Å². The van der Waals surface area contributed by atoms with Gasteiger partial charge in [-0.05, 0) is 6.42 Å². The molecule has 1 amide bonds. The summed E-state index contributed by atoms with van der Waals surface area (Å²) in [6, 6.07) is 1.39. The highest BCUT2D eigenvalue weighted by Crippen LogP contribution is 2.14. The van der Waals surface area contributed by atoms with Crippen LogP contribution in [0, 0.1) is 0 Å². The normalized spacial score (nSPS) is 13.6. The van der Waals surface area contributed by atoms with Gasteiger partial charge in [0.15, 0.2) is 11.4 Å². The summed E-state index contributed by atoms with van der Waals surface area (Å²) in [6.45, 7) is 2.81. The summed E-state index contributed by atoms with van der Waals surface area (Å²) < 4.78 is 6.93. The van der Waals surface area contributed by atoms with Crippen molar-refractivity contribution in [2.45, 2.75) is 19.8 Å². The van der Waals surface area contributed by atoms with Crippen molar-refractivity contribution in [2.75, 3.05) is 18.7 Å². The van der Waals surface area contributed by atoms with Crippen LogP contribution in [0.1, 0.15) is 30.3 Å². The summed E-state index contributed by atoms with van der Waals surface area (Å²) in [6.07, 6.45) is 3.35. The zero-order valence-electron chi connectivity index (χ0n) is 9.66. The van der Waals surface area contributed by atoms with E-state index in [1.165, 1.54) is 16.9 Å². The maximum Gasteiger partial charge on any atom is 0.275 e. The first kappa shape index (κ1) is 11.5. The maximum atomic E-state index is 11.7. The van der Waals surface area contributed by atoms with Gasteiger partial charge in [-0.25, -0.2) is 0 Å². The number of ether oxygens (including phenoxy) is 1. The Morgan fingerprint density at radius 3 is 3.06 bits per heavy atom. The van der Waals surface area contributed by atoms with Gasteiger partial charge in [-0.15, -0.1) is 0 Å². The van der Waals surface area contributed by atoms with Crippen LogP contribution in [0.3, 0.4) is 0 Å². The van der Waals surface area contributed by atoms with Crippen molar-refractivity contribution in [3.05, 3.63) is 28.2 Å². The van der Waals surface area contributed by atoms with Crippen LogP contribution in [0.15, 0.2) is 17.1 Å². The SMILES string of the molecule is CCCCOc1c2n(ccc1=O)NCNC2=O. The first-order valence-electron chi connectivity index (χ1n) is 5.64. The molecule has 0 radical (unpaired) electrons. The Kier molecular flexibility index (Phi) is 3.32. The van der Waals surface area contributed by atoms with E-state index in [0.717, 1.165) is 12.8 Å². The molecule has 1 aliphatic heterocycles. The van der Waals surface area contributed by atoms with Gasteiger partial charge in [0.05, 0.1) is 6.61 Å². The van der Waals surface area contributed by atoms with Crippen LogP contribution < -0.4 is 20.9 Å².